The van der Waals surface area contributed by atoms with Crippen molar-refractivity contribution in [2.75, 3.05) is 5.32 Å². The van der Waals surface area contributed by atoms with Gasteiger partial charge in [-0.15, -0.1) is 0 Å². The van der Waals surface area contributed by atoms with Crippen molar-refractivity contribution in [2.24, 2.45) is 0 Å². The van der Waals surface area contributed by atoms with Gasteiger partial charge in [0, 0.05) is 12.1 Å². The van der Waals surface area contributed by atoms with Crippen LogP contribution in [0.25, 0.3) is 11.1 Å². The Kier molecular flexibility index (Phi) is 3.82. The molecule has 0 saturated carbocycles. The van der Waals surface area contributed by atoms with Crippen LogP contribution in [0.1, 0.15) is 18.1 Å². The molecular formula is C17H14F2N2O2. The van der Waals surface area contributed by atoms with Crippen LogP contribution in [0.3, 0.4) is 0 Å². The van der Waals surface area contributed by atoms with Crippen LogP contribution in [0.5, 0.6) is 0 Å². The third kappa shape index (κ3) is 3.21. The molecule has 0 aliphatic carbocycles. The molecule has 0 aliphatic heterocycles. The number of ketones is 1. The van der Waals surface area contributed by atoms with Gasteiger partial charge >= 0.3 is 0 Å². The fourth-order valence-electron chi connectivity index (χ4n) is 2.33. The first kappa shape index (κ1) is 15.1. The van der Waals surface area contributed by atoms with E-state index in [1.165, 1.54) is 25.1 Å². The summed E-state index contributed by atoms with van der Waals surface area (Å²) in [5.74, 6) is -1.03. The quantitative estimate of drug-likeness (QED) is 0.780. The van der Waals surface area contributed by atoms with Gasteiger partial charge in [0.25, 0.3) is 6.01 Å². The van der Waals surface area contributed by atoms with Crippen LogP contribution in [0.15, 0.2) is 34.7 Å². The number of oxazole rings is 1. The lowest BCUT2D eigenvalue weighted by Crippen LogP contribution is -1.96. The molecule has 1 heterocycles. The first-order chi connectivity index (χ1) is 10.9. The van der Waals surface area contributed by atoms with Gasteiger partial charge in [0.15, 0.2) is 11.4 Å². The number of nitrogens with one attached hydrogen (secondary N) is 1. The van der Waals surface area contributed by atoms with Gasteiger partial charge in [-0.1, -0.05) is 6.07 Å². The number of hydrogen-bond acceptors (Lipinski definition) is 4. The minimum atomic E-state index is -0.563. The summed E-state index contributed by atoms with van der Waals surface area (Å²) in [6, 6.07) is 7.18. The Hall–Kier alpha value is -2.76. The van der Waals surface area contributed by atoms with Crippen LogP contribution in [-0.2, 0) is 11.2 Å². The molecule has 0 aliphatic rings. The maximum absolute atomic E-state index is 14.1. The second-order valence-electron chi connectivity index (χ2n) is 5.41. The topological polar surface area (TPSA) is 55.1 Å². The van der Waals surface area contributed by atoms with Crippen molar-refractivity contribution < 1.29 is 18.0 Å². The first-order valence-electron chi connectivity index (χ1n) is 7.04. The fraction of sp³-hybridized carbons (Fsp3) is 0.176. The predicted octanol–water partition coefficient (Wildman–Crippen LogP) is 4.29. The van der Waals surface area contributed by atoms with E-state index in [9.17, 15) is 13.6 Å². The molecule has 0 saturated heterocycles. The average Bonchev–Trinajstić information content (AvgIpc) is 2.85. The summed E-state index contributed by atoms with van der Waals surface area (Å²) in [7, 11) is 0. The van der Waals surface area contributed by atoms with Gasteiger partial charge in [0.05, 0.1) is 0 Å². The van der Waals surface area contributed by atoms with Gasteiger partial charge < -0.3 is 9.73 Å². The summed E-state index contributed by atoms with van der Waals surface area (Å²) in [5, 5.41) is 2.84. The Morgan fingerprint density at radius 3 is 2.78 bits per heavy atom. The second-order valence-corrected chi connectivity index (χ2v) is 5.41. The number of carbonyl (C=O) groups is 1. The predicted molar refractivity (Wildman–Crippen MR) is 82.8 cm³/mol. The molecule has 4 nitrogen and oxygen atoms in total. The zero-order chi connectivity index (χ0) is 16.6. The third-order valence-electron chi connectivity index (χ3n) is 3.40. The molecule has 0 unspecified atom stereocenters. The lowest BCUT2D eigenvalue weighted by Gasteiger charge is -2.05. The van der Waals surface area contributed by atoms with Crippen molar-refractivity contribution in [3.63, 3.8) is 0 Å². The van der Waals surface area contributed by atoms with Gasteiger partial charge in [-0.3, -0.25) is 4.79 Å². The van der Waals surface area contributed by atoms with Crippen molar-refractivity contribution in [1.82, 2.24) is 4.98 Å². The number of fused-ring (bicyclic) bond motifs is 1. The molecule has 2 aromatic carbocycles. The largest absolute Gasteiger partial charge is 0.423 e. The number of hydrogen-bond donors (Lipinski definition) is 1. The molecule has 0 bridgehead atoms. The highest BCUT2D eigenvalue weighted by atomic mass is 19.1. The lowest BCUT2D eigenvalue weighted by molar-refractivity contribution is -0.116. The molecule has 1 N–H and O–H groups in total. The van der Waals surface area contributed by atoms with Crippen molar-refractivity contribution in [3.8, 4) is 0 Å². The minimum absolute atomic E-state index is 0.0626. The van der Waals surface area contributed by atoms with E-state index in [0.717, 1.165) is 5.56 Å². The van der Waals surface area contributed by atoms with Crippen LogP contribution < -0.4 is 5.32 Å². The highest BCUT2D eigenvalue weighted by Gasteiger charge is 2.14. The number of benzene rings is 2. The molecule has 23 heavy (non-hydrogen) atoms. The maximum atomic E-state index is 14.1. The van der Waals surface area contributed by atoms with E-state index in [0.29, 0.717) is 11.3 Å². The number of nitrogens with zero attached hydrogens (tertiary/aromatic N) is 1. The number of anilines is 2. The maximum Gasteiger partial charge on any atom is 0.300 e. The minimum Gasteiger partial charge on any atom is -0.423 e. The van der Waals surface area contributed by atoms with Crippen LogP contribution >= 0.6 is 0 Å². The monoisotopic (exact) mass is 316 g/mol. The molecule has 0 amide bonds. The van der Waals surface area contributed by atoms with Gasteiger partial charge in [-0.25, -0.2) is 8.78 Å². The standard InChI is InChI=1S/C17H14F2N2O2/c1-9-3-4-12(18)8-14(9)20-17-21-16-13(19)6-11(5-10(2)22)7-15(16)23-17/h3-4,6-8H,5H2,1-2H3,(H,20,21). The zero-order valence-electron chi connectivity index (χ0n) is 12.6. The van der Waals surface area contributed by atoms with E-state index in [2.05, 4.69) is 10.3 Å². The zero-order valence-corrected chi connectivity index (χ0v) is 12.6. The van der Waals surface area contributed by atoms with E-state index in [1.807, 2.05) is 0 Å². The second kappa shape index (κ2) is 5.79. The van der Waals surface area contributed by atoms with E-state index in [-0.39, 0.29) is 29.3 Å². The van der Waals surface area contributed by atoms with Crippen LogP contribution in [-0.4, -0.2) is 10.8 Å². The van der Waals surface area contributed by atoms with Gasteiger partial charge in [0.1, 0.15) is 17.1 Å². The van der Waals surface area contributed by atoms with E-state index < -0.39 is 11.6 Å². The highest BCUT2D eigenvalue weighted by molar-refractivity contribution is 5.81. The molecule has 1 aromatic heterocycles. The summed E-state index contributed by atoms with van der Waals surface area (Å²) < 4.78 is 32.9. The number of aryl methyl sites for hydroxylation is 1. The van der Waals surface area contributed by atoms with Crippen molar-refractivity contribution in [2.45, 2.75) is 20.3 Å². The van der Waals surface area contributed by atoms with E-state index >= 15 is 0 Å². The summed E-state index contributed by atoms with van der Waals surface area (Å²) in [6.45, 7) is 3.23. The fourth-order valence-corrected chi connectivity index (χ4v) is 2.33. The van der Waals surface area contributed by atoms with Crippen LogP contribution in [0, 0.1) is 18.6 Å². The summed E-state index contributed by atoms with van der Waals surface area (Å²) >= 11 is 0. The van der Waals surface area contributed by atoms with E-state index in [4.69, 9.17) is 4.42 Å². The molecule has 0 radical (unpaired) electrons. The molecule has 0 atom stereocenters. The Labute approximate surface area is 131 Å². The van der Waals surface area contributed by atoms with Crippen molar-refractivity contribution in [1.29, 1.82) is 0 Å². The Morgan fingerprint density at radius 2 is 2.04 bits per heavy atom. The Balaban J connectivity index is 1.98. The lowest BCUT2D eigenvalue weighted by atomic mass is 10.1. The molecule has 0 spiro atoms. The molecule has 6 heteroatoms. The van der Waals surface area contributed by atoms with E-state index in [1.54, 1.807) is 19.1 Å². The van der Waals surface area contributed by atoms with Crippen molar-refractivity contribution in [3.05, 3.63) is 53.1 Å². The Bertz CT molecular complexity index is 903. The molecule has 3 aromatic rings. The van der Waals surface area contributed by atoms with Gasteiger partial charge in [0.2, 0.25) is 0 Å². The number of halogens is 2. The number of Topliss-reactive ketones (excluding diaryl/α,β-unsaturated/α-hetero) is 1. The summed E-state index contributed by atoms with van der Waals surface area (Å²) in [6.07, 6.45) is 0.124. The van der Waals surface area contributed by atoms with Gasteiger partial charge in [-0.05, 0) is 49.2 Å². The molecular weight excluding hydrogens is 302 g/mol. The molecule has 0 fully saturated rings. The summed E-state index contributed by atoms with van der Waals surface area (Å²) in [4.78, 5) is 15.2. The average molecular weight is 316 g/mol. The number of rotatable bonds is 4. The normalized spacial score (nSPS) is 11.0. The van der Waals surface area contributed by atoms with Crippen molar-refractivity contribution >= 4 is 28.6 Å². The smallest absolute Gasteiger partial charge is 0.300 e. The van der Waals surface area contributed by atoms with Crippen LogP contribution in [0.4, 0.5) is 20.5 Å². The number of aromatic nitrogens is 1. The third-order valence-corrected chi connectivity index (χ3v) is 3.40. The SMILES string of the molecule is CC(=O)Cc1cc(F)c2nc(Nc3cc(F)ccc3C)oc2c1. The summed E-state index contributed by atoms with van der Waals surface area (Å²) in [5.41, 5.74) is 2.10. The Morgan fingerprint density at radius 1 is 1.26 bits per heavy atom. The highest BCUT2D eigenvalue weighted by Crippen LogP contribution is 2.27. The van der Waals surface area contributed by atoms with Gasteiger partial charge in [-0.2, -0.15) is 4.98 Å². The molecule has 118 valence electrons. The first-order valence-corrected chi connectivity index (χ1v) is 7.04. The van der Waals surface area contributed by atoms with Crippen LogP contribution in [0.2, 0.25) is 0 Å². The molecule has 3 rings (SSSR count). The number of carbonyl (C=O) groups excluding carboxylic acids is 1.